The summed E-state index contributed by atoms with van der Waals surface area (Å²) in [4.78, 5) is 0. The molecule has 0 amide bonds. The fraction of sp³-hybridized carbons (Fsp3) is 0.222. The predicted molar refractivity (Wildman–Crippen MR) is 215 cm³/mol. The first-order chi connectivity index (χ1) is 21.9. The van der Waals surface area contributed by atoms with Crippen LogP contribution in [0.2, 0.25) is 0 Å². The van der Waals surface area contributed by atoms with Gasteiger partial charge >= 0.3 is 0 Å². The second-order valence-corrected chi connectivity index (χ2v) is 21.7. The van der Waals surface area contributed by atoms with Crippen molar-refractivity contribution in [1.82, 2.24) is 0 Å². The lowest BCUT2D eigenvalue weighted by atomic mass is 10.1. The van der Waals surface area contributed by atoms with Crippen LogP contribution in [0.5, 0.6) is 0 Å². The average Bonchev–Trinajstić information content (AvgIpc) is 3.57. The van der Waals surface area contributed by atoms with Gasteiger partial charge in [0.1, 0.15) is 16.9 Å². The summed E-state index contributed by atoms with van der Waals surface area (Å²) in [5.74, 6) is 3.99. The molecule has 4 aromatic rings. The maximum Gasteiger partial charge on any atom is 0.161 e. The van der Waals surface area contributed by atoms with Gasteiger partial charge in [-0.2, -0.15) is 0 Å². The third-order valence-electron chi connectivity index (χ3n) is 7.59. The molecule has 0 aliphatic carbocycles. The van der Waals surface area contributed by atoms with Crippen molar-refractivity contribution in [3.63, 3.8) is 0 Å². The third-order valence-corrected chi connectivity index (χ3v) is 19.7. The van der Waals surface area contributed by atoms with Gasteiger partial charge in [0, 0.05) is 23.0 Å². The second kappa shape index (κ2) is 16.0. The number of nitrogens with zero attached hydrogens (tertiary/aromatic N) is 1. The van der Waals surface area contributed by atoms with Crippen molar-refractivity contribution < 1.29 is 2.10 Å². The first-order valence-electron chi connectivity index (χ1n) is 14.7. The first-order valence-corrected chi connectivity index (χ1v) is 21.8. The van der Waals surface area contributed by atoms with Crippen molar-refractivity contribution in [3.05, 3.63) is 159 Å². The Kier molecular flexibility index (Phi) is 12.1. The Morgan fingerprint density at radius 2 is 0.600 bits per heavy atom. The van der Waals surface area contributed by atoms with E-state index in [9.17, 15) is 0 Å². The highest BCUT2D eigenvalue weighted by molar-refractivity contribution is 8.45. The highest BCUT2D eigenvalue weighted by Gasteiger charge is 2.54. The molecule has 0 atom stereocenters. The lowest BCUT2D eigenvalue weighted by Gasteiger charge is -2.17. The summed E-state index contributed by atoms with van der Waals surface area (Å²) in [5, 5.41) is 0. The molecule has 0 radical (unpaired) electrons. The van der Waals surface area contributed by atoms with Gasteiger partial charge in [-0.05, 0) is 72.2 Å². The molecule has 4 aromatic carbocycles. The average molecular weight is 739 g/mol. The van der Waals surface area contributed by atoms with E-state index in [1.54, 1.807) is 0 Å². The van der Waals surface area contributed by atoms with Crippen molar-refractivity contribution in [2.75, 3.05) is 0 Å². The molecule has 0 unspecified atom stereocenters. The molecule has 9 heteroatoms. The monoisotopic (exact) mass is 738 g/mol. The fourth-order valence-corrected chi connectivity index (χ4v) is 19.2. The van der Waals surface area contributed by atoms with Crippen LogP contribution in [0.15, 0.2) is 114 Å². The molecule has 2 aliphatic rings. The fourth-order valence-electron chi connectivity index (χ4n) is 4.67. The van der Waals surface area contributed by atoms with E-state index < -0.39 is 0 Å². The van der Waals surface area contributed by atoms with Crippen molar-refractivity contribution in [2.24, 2.45) is 0 Å². The molecular weight excluding hydrogens is 703 g/mol. The van der Waals surface area contributed by atoms with Crippen LogP contribution in [0, 0.1) is 27.7 Å². The molecule has 0 bridgehead atoms. The zero-order valence-electron chi connectivity index (χ0n) is 25.8. The highest BCUT2D eigenvalue weighted by atomic mass is 32.4. The molecule has 232 valence electrons. The van der Waals surface area contributed by atoms with Crippen molar-refractivity contribution in [3.8, 4) is 0 Å². The Labute approximate surface area is 303 Å². The summed E-state index contributed by atoms with van der Waals surface area (Å²) in [5.41, 5.74) is 11.2. The number of hydrogen-bond acceptors (Lipinski definition) is 8. The van der Waals surface area contributed by atoms with Crippen LogP contribution in [-0.4, -0.2) is 2.10 Å². The number of aryl methyl sites for hydroxylation is 4. The molecule has 1 spiro atoms. The first kappa shape index (κ1) is 34.0. The Hall–Kier alpha value is -0.880. The highest BCUT2D eigenvalue weighted by Crippen LogP contribution is 2.75. The zero-order chi connectivity index (χ0) is 31.2. The summed E-state index contributed by atoms with van der Waals surface area (Å²) >= 11 is 16.2. The maximum atomic E-state index is 2.28. The van der Waals surface area contributed by atoms with Crippen molar-refractivity contribution >= 4 is 94.8 Å². The van der Waals surface area contributed by atoms with Gasteiger partial charge in [0.2, 0.25) is 0 Å². The lowest BCUT2D eigenvalue weighted by molar-refractivity contribution is -0.264. The van der Waals surface area contributed by atoms with Gasteiger partial charge in [-0.15, -0.1) is 47.0 Å². The third kappa shape index (κ3) is 8.78. The molecule has 6 rings (SSSR count). The molecule has 0 saturated heterocycles. The van der Waals surface area contributed by atoms with Crippen LogP contribution in [0.3, 0.4) is 0 Å². The van der Waals surface area contributed by atoms with Crippen LogP contribution in [-0.2, 0) is 23.0 Å². The summed E-state index contributed by atoms with van der Waals surface area (Å²) in [6.45, 7) is 8.92. The van der Waals surface area contributed by atoms with Gasteiger partial charge in [0.05, 0.1) is 0 Å². The molecule has 0 fully saturated rings. The summed E-state index contributed by atoms with van der Waals surface area (Å²) in [6.07, 6.45) is 0. The minimum atomic E-state index is 0.818. The standard InChI is InChI=1S/C36H36NS8/c1-25-13-5-9-17-29(25)21-38-33-34(39-22-30-18-10-6-14-26(30)2)43-37(42-33)44-35(40-23-31-19-11-7-15-27(31)3)36(45-37)41-24-32-20-12-8-16-28(32)4/h5-20H,21-24H2,1-4H3/q+1. The van der Waals surface area contributed by atoms with E-state index in [1.807, 2.05) is 94.8 Å². The topological polar surface area (TPSA) is 0 Å². The summed E-state index contributed by atoms with van der Waals surface area (Å²) in [7, 11) is 0. The van der Waals surface area contributed by atoms with E-state index in [-0.39, 0.29) is 0 Å². The number of thioether (sulfide) groups is 4. The van der Waals surface area contributed by atoms with Crippen LogP contribution >= 0.6 is 94.8 Å². The van der Waals surface area contributed by atoms with Gasteiger partial charge in [-0.25, -0.2) is 0 Å². The second-order valence-electron chi connectivity index (χ2n) is 10.8. The van der Waals surface area contributed by atoms with Crippen LogP contribution in [0.1, 0.15) is 44.5 Å². The molecular formula is C36H36NS8+. The van der Waals surface area contributed by atoms with E-state index in [4.69, 9.17) is 0 Å². The molecule has 0 saturated carbocycles. The van der Waals surface area contributed by atoms with Crippen LogP contribution in [0.25, 0.3) is 0 Å². The van der Waals surface area contributed by atoms with E-state index >= 15 is 0 Å². The van der Waals surface area contributed by atoms with Gasteiger partial charge in [0.15, 0.2) is 47.8 Å². The normalized spacial score (nSPS) is 15.9. The van der Waals surface area contributed by atoms with Gasteiger partial charge in [-0.3, -0.25) is 0 Å². The van der Waals surface area contributed by atoms with Gasteiger partial charge in [0.25, 0.3) is 0 Å². The van der Waals surface area contributed by atoms with E-state index in [0.29, 0.717) is 0 Å². The SMILES string of the molecule is Cc1ccccc1CSC1=C(SCc2ccccc2C)S[N+]2(S1)SC(SCc1ccccc1C)=C(SCc1ccccc1C)S2. The number of rotatable bonds is 12. The molecule has 0 N–H and O–H groups in total. The Bertz CT molecular complexity index is 1480. The van der Waals surface area contributed by atoms with Crippen molar-refractivity contribution in [1.29, 1.82) is 0 Å². The number of quaternary nitrogens is 1. The minimum absolute atomic E-state index is 0.818. The molecule has 2 heterocycles. The largest absolute Gasteiger partial charge is 0.161 e. The van der Waals surface area contributed by atoms with Gasteiger partial charge < -0.3 is 0 Å². The number of hydrogen-bond donors (Lipinski definition) is 0. The zero-order valence-corrected chi connectivity index (χ0v) is 32.3. The van der Waals surface area contributed by atoms with Crippen LogP contribution in [0.4, 0.5) is 0 Å². The van der Waals surface area contributed by atoms with E-state index in [1.165, 1.54) is 61.5 Å². The molecule has 2 aliphatic heterocycles. The maximum absolute atomic E-state index is 2.28. The van der Waals surface area contributed by atoms with E-state index in [0.717, 1.165) is 25.1 Å². The predicted octanol–water partition coefficient (Wildman–Crippen LogP) is 13.6. The van der Waals surface area contributed by atoms with E-state index in [2.05, 4.69) is 125 Å². The quantitative estimate of drug-likeness (QED) is 0.103. The molecule has 0 aromatic heterocycles. The Morgan fingerprint density at radius 1 is 0.378 bits per heavy atom. The van der Waals surface area contributed by atoms with Crippen molar-refractivity contribution in [2.45, 2.75) is 50.7 Å². The minimum Gasteiger partial charge on any atom is -0.107 e. The summed E-state index contributed by atoms with van der Waals surface area (Å²) in [6, 6.07) is 35.3. The molecule has 1 nitrogen and oxygen atoms in total. The molecule has 45 heavy (non-hydrogen) atoms. The Morgan fingerprint density at radius 3 is 0.822 bits per heavy atom. The lowest BCUT2D eigenvalue weighted by Crippen LogP contribution is -2.07. The Balaban J connectivity index is 1.23. The summed E-state index contributed by atoms with van der Waals surface area (Å²) < 4.78 is 6.63. The van der Waals surface area contributed by atoms with Gasteiger partial charge in [-0.1, -0.05) is 99.2 Å². The number of benzene rings is 4. The van der Waals surface area contributed by atoms with Crippen LogP contribution < -0.4 is 0 Å². The smallest absolute Gasteiger partial charge is 0.107 e.